The first-order valence-corrected chi connectivity index (χ1v) is 7.58. The number of aromatic nitrogens is 2. The van der Waals surface area contributed by atoms with Crippen LogP contribution in [0, 0.1) is 6.92 Å². The predicted octanol–water partition coefficient (Wildman–Crippen LogP) is 2.87. The second-order valence-electron chi connectivity index (χ2n) is 5.54. The summed E-state index contributed by atoms with van der Waals surface area (Å²) in [5, 5.41) is 5.90. The summed E-state index contributed by atoms with van der Waals surface area (Å²) in [5.41, 5.74) is 1.53. The van der Waals surface area contributed by atoms with Crippen LogP contribution in [0.2, 0.25) is 0 Å². The molecule has 0 aliphatic carbocycles. The smallest absolute Gasteiger partial charge is 0.274 e. The number of ether oxygens (including phenoxy) is 2. The van der Waals surface area contributed by atoms with Crippen molar-refractivity contribution in [1.82, 2.24) is 9.97 Å². The SMILES string of the molecule is COc1ccc(NC(=O)c2cc(C)nc(NC(C)C)n2)c(OC)c1. The van der Waals surface area contributed by atoms with E-state index in [0.717, 1.165) is 0 Å². The summed E-state index contributed by atoms with van der Waals surface area (Å²) in [5.74, 6) is 1.24. The van der Waals surface area contributed by atoms with Crippen molar-refractivity contribution < 1.29 is 14.3 Å². The molecule has 1 aromatic carbocycles. The zero-order valence-electron chi connectivity index (χ0n) is 14.5. The van der Waals surface area contributed by atoms with Crippen LogP contribution in [0.5, 0.6) is 11.5 Å². The van der Waals surface area contributed by atoms with E-state index in [1.165, 1.54) is 7.11 Å². The highest BCUT2D eigenvalue weighted by atomic mass is 16.5. The molecule has 2 aromatic rings. The highest BCUT2D eigenvalue weighted by Crippen LogP contribution is 2.29. The number of carbonyl (C=O) groups is 1. The van der Waals surface area contributed by atoms with Gasteiger partial charge in [0.2, 0.25) is 5.95 Å². The molecule has 0 fully saturated rings. The lowest BCUT2D eigenvalue weighted by Crippen LogP contribution is -2.18. The quantitative estimate of drug-likeness (QED) is 0.847. The van der Waals surface area contributed by atoms with Gasteiger partial charge in [-0.2, -0.15) is 0 Å². The Morgan fingerprint density at radius 2 is 1.88 bits per heavy atom. The van der Waals surface area contributed by atoms with Crippen molar-refractivity contribution in [3.63, 3.8) is 0 Å². The maximum absolute atomic E-state index is 12.5. The molecule has 7 heteroatoms. The van der Waals surface area contributed by atoms with Crippen molar-refractivity contribution in [3.05, 3.63) is 35.7 Å². The zero-order valence-corrected chi connectivity index (χ0v) is 14.5. The van der Waals surface area contributed by atoms with Gasteiger partial charge in [-0.1, -0.05) is 0 Å². The number of hydrogen-bond donors (Lipinski definition) is 2. The fourth-order valence-electron chi connectivity index (χ4n) is 2.10. The van der Waals surface area contributed by atoms with Crippen LogP contribution < -0.4 is 20.1 Å². The molecule has 0 aliphatic rings. The van der Waals surface area contributed by atoms with Crippen molar-refractivity contribution in [2.45, 2.75) is 26.8 Å². The van der Waals surface area contributed by atoms with Crippen LogP contribution in [0.1, 0.15) is 30.0 Å². The number of anilines is 2. The lowest BCUT2D eigenvalue weighted by molar-refractivity contribution is 0.102. The van der Waals surface area contributed by atoms with Gasteiger partial charge in [-0.15, -0.1) is 0 Å². The van der Waals surface area contributed by atoms with Crippen LogP contribution in [0.15, 0.2) is 24.3 Å². The van der Waals surface area contributed by atoms with Crippen LogP contribution in [0.3, 0.4) is 0 Å². The molecular formula is C17H22N4O3. The largest absolute Gasteiger partial charge is 0.497 e. The Kier molecular flexibility index (Phi) is 5.57. The molecule has 1 heterocycles. The van der Waals surface area contributed by atoms with Crippen molar-refractivity contribution in [2.75, 3.05) is 24.9 Å². The Morgan fingerprint density at radius 1 is 1.12 bits per heavy atom. The molecule has 0 spiro atoms. The van der Waals surface area contributed by atoms with Crippen molar-refractivity contribution in [1.29, 1.82) is 0 Å². The molecule has 2 N–H and O–H groups in total. The third-order valence-electron chi connectivity index (χ3n) is 3.16. The summed E-state index contributed by atoms with van der Waals surface area (Å²) >= 11 is 0. The highest BCUT2D eigenvalue weighted by Gasteiger charge is 2.14. The number of nitrogens with one attached hydrogen (secondary N) is 2. The number of benzene rings is 1. The maximum Gasteiger partial charge on any atom is 0.274 e. The van der Waals surface area contributed by atoms with E-state index in [0.29, 0.717) is 28.8 Å². The summed E-state index contributed by atoms with van der Waals surface area (Å²) in [6, 6.07) is 6.97. The summed E-state index contributed by atoms with van der Waals surface area (Å²) in [4.78, 5) is 21.0. The number of amides is 1. The lowest BCUT2D eigenvalue weighted by Gasteiger charge is -2.13. The third kappa shape index (κ3) is 4.34. The van der Waals surface area contributed by atoms with Gasteiger partial charge in [0.1, 0.15) is 17.2 Å². The summed E-state index contributed by atoms with van der Waals surface area (Å²) < 4.78 is 10.4. The Bertz CT molecular complexity index is 732. The average molecular weight is 330 g/mol. The minimum atomic E-state index is -0.337. The minimum Gasteiger partial charge on any atom is -0.497 e. The van der Waals surface area contributed by atoms with Crippen LogP contribution in [-0.2, 0) is 0 Å². The van der Waals surface area contributed by atoms with E-state index >= 15 is 0 Å². The molecule has 128 valence electrons. The van der Waals surface area contributed by atoms with Crippen molar-refractivity contribution >= 4 is 17.5 Å². The van der Waals surface area contributed by atoms with Gasteiger partial charge in [-0.05, 0) is 39.0 Å². The Hall–Kier alpha value is -2.83. The van der Waals surface area contributed by atoms with Crippen LogP contribution >= 0.6 is 0 Å². The molecule has 0 bridgehead atoms. The van der Waals surface area contributed by atoms with E-state index < -0.39 is 0 Å². The van der Waals surface area contributed by atoms with Crippen LogP contribution in [0.4, 0.5) is 11.6 Å². The van der Waals surface area contributed by atoms with Gasteiger partial charge in [0, 0.05) is 17.8 Å². The first-order chi connectivity index (χ1) is 11.4. The van der Waals surface area contributed by atoms with E-state index in [2.05, 4.69) is 20.6 Å². The summed E-state index contributed by atoms with van der Waals surface area (Å²) in [6.07, 6.45) is 0. The molecule has 1 amide bonds. The number of carbonyl (C=O) groups excluding carboxylic acids is 1. The molecule has 0 aliphatic heterocycles. The molecular weight excluding hydrogens is 308 g/mol. The number of rotatable bonds is 6. The van der Waals surface area contributed by atoms with E-state index in [4.69, 9.17) is 9.47 Å². The van der Waals surface area contributed by atoms with E-state index in [-0.39, 0.29) is 17.6 Å². The Morgan fingerprint density at radius 3 is 2.50 bits per heavy atom. The standard InChI is InChI=1S/C17H22N4O3/c1-10(2)18-17-19-11(3)8-14(21-17)16(22)20-13-7-6-12(23-4)9-15(13)24-5/h6-10H,1-5H3,(H,20,22)(H,18,19,21). The summed E-state index contributed by atoms with van der Waals surface area (Å²) in [6.45, 7) is 5.78. The second kappa shape index (κ2) is 7.63. The lowest BCUT2D eigenvalue weighted by atomic mass is 10.2. The van der Waals surface area contributed by atoms with Gasteiger partial charge in [0.05, 0.1) is 19.9 Å². The average Bonchev–Trinajstić information content (AvgIpc) is 2.53. The fourth-order valence-corrected chi connectivity index (χ4v) is 2.10. The minimum absolute atomic E-state index is 0.171. The van der Waals surface area contributed by atoms with Crippen molar-refractivity contribution in [2.24, 2.45) is 0 Å². The van der Waals surface area contributed by atoms with Gasteiger partial charge in [-0.3, -0.25) is 4.79 Å². The molecule has 24 heavy (non-hydrogen) atoms. The normalized spacial score (nSPS) is 10.4. The van der Waals surface area contributed by atoms with Gasteiger partial charge in [-0.25, -0.2) is 9.97 Å². The topological polar surface area (TPSA) is 85.4 Å². The number of hydrogen-bond acceptors (Lipinski definition) is 6. The molecule has 0 saturated carbocycles. The number of methoxy groups -OCH3 is 2. The van der Waals surface area contributed by atoms with E-state index in [1.807, 2.05) is 20.8 Å². The number of aryl methyl sites for hydroxylation is 1. The Balaban J connectivity index is 2.25. The van der Waals surface area contributed by atoms with Gasteiger partial charge in [0.15, 0.2) is 0 Å². The van der Waals surface area contributed by atoms with E-state index in [1.54, 1.807) is 31.4 Å². The molecule has 0 radical (unpaired) electrons. The molecule has 0 unspecified atom stereocenters. The summed E-state index contributed by atoms with van der Waals surface area (Å²) in [7, 11) is 3.10. The maximum atomic E-state index is 12.5. The van der Waals surface area contributed by atoms with Crippen LogP contribution in [0.25, 0.3) is 0 Å². The molecule has 0 atom stereocenters. The molecule has 7 nitrogen and oxygen atoms in total. The highest BCUT2D eigenvalue weighted by molar-refractivity contribution is 6.04. The Labute approximate surface area is 141 Å². The molecule has 0 saturated heterocycles. The van der Waals surface area contributed by atoms with Gasteiger partial charge in [0.25, 0.3) is 5.91 Å². The predicted molar refractivity (Wildman–Crippen MR) is 93.0 cm³/mol. The van der Waals surface area contributed by atoms with E-state index in [9.17, 15) is 4.79 Å². The van der Waals surface area contributed by atoms with Gasteiger partial charge < -0.3 is 20.1 Å². The molecule has 1 aromatic heterocycles. The molecule has 2 rings (SSSR count). The fraction of sp³-hybridized carbons (Fsp3) is 0.353. The van der Waals surface area contributed by atoms with Gasteiger partial charge >= 0.3 is 0 Å². The monoisotopic (exact) mass is 330 g/mol. The first-order valence-electron chi connectivity index (χ1n) is 7.58. The van der Waals surface area contributed by atoms with Crippen molar-refractivity contribution in [3.8, 4) is 11.5 Å². The third-order valence-corrected chi connectivity index (χ3v) is 3.16. The zero-order chi connectivity index (χ0) is 17.7. The number of nitrogens with zero attached hydrogens (tertiary/aromatic N) is 2. The van der Waals surface area contributed by atoms with Crippen LogP contribution in [-0.4, -0.2) is 36.1 Å². The second-order valence-corrected chi connectivity index (χ2v) is 5.54. The first kappa shape index (κ1) is 17.5.